The van der Waals surface area contributed by atoms with Crippen LogP contribution in [0, 0.1) is 6.92 Å². The van der Waals surface area contributed by atoms with E-state index in [-0.39, 0.29) is 11.9 Å². The lowest BCUT2D eigenvalue weighted by Crippen LogP contribution is -2.41. The Morgan fingerprint density at radius 1 is 1.40 bits per heavy atom. The Labute approximate surface area is 145 Å². The average molecular weight is 340 g/mol. The first-order valence-corrected chi connectivity index (χ1v) is 8.36. The van der Waals surface area contributed by atoms with Crippen LogP contribution in [0.5, 0.6) is 0 Å². The molecular weight excluding hydrogens is 320 g/mol. The summed E-state index contributed by atoms with van der Waals surface area (Å²) in [5, 5.41) is 12.3. The van der Waals surface area contributed by atoms with E-state index >= 15 is 0 Å². The van der Waals surface area contributed by atoms with Crippen molar-refractivity contribution in [2.24, 2.45) is 0 Å². The molecule has 1 N–H and O–H groups in total. The van der Waals surface area contributed by atoms with E-state index in [9.17, 15) is 4.79 Å². The highest BCUT2D eigenvalue weighted by atomic mass is 16.5. The van der Waals surface area contributed by atoms with Crippen LogP contribution >= 0.6 is 0 Å². The molecule has 1 amide bonds. The van der Waals surface area contributed by atoms with Crippen LogP contribution < -0.4 is 5.32 Å². The first kappa shape index (κ1) is 15.8. The van der Waals surface area contributed by atoms with Gasteiger partial charge in [0.25, 0.3) is 5.91 Å². The number of carbonyl (C=O) groups is 1. The molecule has 0 saturated heterocycles. The molecule has 0 bridgehead atoms. The number of benzene rings is 1. The fourth-order valence-electron chi connectivity index (χ4n) is 3.40. The van der Waals surface area contributed by atoms with Gasteiger partial charge in [-0.25, -0.2) is 0 Å². The maximum Gasteiger partial charge on any atom is 0.287 e. The van der Waals surface area contributed by atoms with Crippen LogP contribution in [0.15, 0.2) is 28.7 Å². The van der Waals surface area contributed by atoms with Gasteiger partial charge in [-0.15, -0.1) is 10.2 Å². The van der Waals surface area contributed by atoms with Crippen LogP contribution in [0.25, 0.3) is 11.0 Å². The minimum absolute atomic E-state index is 0.0262. The van der Waals surface area contributed by atoms with Gasteiger partial charge in [-0.3, -0.25) is 4.79 Å². The number of carbonyl (C=O) groups excluding carboxylic acids is 1. The summed E-state index contributed by atoms with van der Waals surface area (Å²) in [6.07, 6.45) is 1.64. The Hall–Kier alpha value is -2.67. The van der Waals surface area contributed by atoms with E-state index < -0.39 is 0 Å². The number of hydrogen-bond donors (Lipinski definition) is 1. The Bertz CT molecular complexity index is 928. The molecule has 7 heteroatoms. The lowest BCUT2D eigenvalue weighted by atomic mass is 10.1. The third kappa shape index (κ3) is 2.80. The second-order valence-corrected chi connectivity index (χ2v) is 6.32. The Morgan fingerprint density at radius 2 is 2.24 bits per heavy atom. The summed E-state index contributed by atoms with van der Waals surface area (Å²) in [6, 6.07) is 7.65. The third-order valence-electron chi connectivity index (χ3n) is 4.66. The van der Waals surface area contributed by atoms with Gasteiger partial charge in [0, 0.05) is 37.1 Å². The molecule has 0 fully saturated rings. The SMILES string of the molecule is COCc1c(C(=O)N[C@@H]2CCc3nnc(C)n3C2)oc2ccccc12. The Balaban J connectivity index is 1.58. The van der Waals surface area contributed by atoms with Crippen molar-refractivity contribution in [3.05, 3.63) is 47.2 Å². The second kappa shape index (κ2) is 6.33. The zero-order valence-corrected chi connectivity index (χ0v) is 14.3. The van der Waals surface area contributed by atoms with E-state index in [4.69, 9.17) is 9.15 Å². The van der Waals surface area contributed by atoms with Crippen molar-refractivity contribution in [2.45, 2.75) is 39.0 Å². The summed E-state index contributed by atoms with van der Waals surface area (Å²) in [6.45, 7) is 2.94. The molecule has 0 aliphatic carbocycles. The van der Waals surface area contributed by atoms with Crippen LogP contribution in [-0.4, -0.2) is 33.8 Å². The summed E-state index contributed by atoms with van der Waals surface area (Å²) in [7, 11) is 1.61. The smallest absolute Gasteiger partial charge is 0.287 e. The Morgan fingerprint density at radius 3 is 3.08 bits per heavy atom. The number of aryl methyl sites for hydroxylation is 2. The molecule has 7 nitrogen and oxygen atoms in total. The summed E-state index contributed by atoms with van der Waals surface area (Å²) in [4.78, 5) is 12.8. The number of nitrogens with zero attached hydrogens (tertiary/aromatic N) is 3. The van der Waals surface area contributed by atoms with Crippen molar-refractivity contribution in [2.75, 3.05) is 7.11 Å². The van der Waals surface area contributed by atoms with E-state index in [0.717, 1.165) is 35.4 Å². The molecule has 3 aromatic rings. The fourth-order valence-corrected chi connectivity index (χ4v) is 3.40. The van der Waals surface area contributed by atoms with Gasteiger partial charge in [0.1, 0.15) is 17.2 Å². The predicted molar refractivity (Wildman–Crippen MR) is 91.3 cm³/mol. The number of fused-ring (bicyclic) bond motifs is 2. The van der Waals surface area contributed by atoms with E-state index in [0.29, 0.717) is 24.5 Å². The molecule has 0 spiro atoms. The normalized spacial score (nSPS) is 16.8. The molecular formula is C18H20N4O3. The number of hydrogen-bond acceptors (Lipinski definition) is 5. The van der Waals surface area contributed by atoms with Gasteiger partial charge in [0.05, 0.1) is 6.61 Å². The maximum atomic E-state index is 12.8. The van der Waals surface area contributed by atoms with Crippen LogP contribution in [0.1, 0.15) is 34.2 Å². The molecule has 2 aromatic heterocycles. The van der Waals surface area contributed by atoms with Crippen molar-refractivity contribution < 1.29 is 13.9 Å². The average Bonchev–Trinajstić information content (AvgIpc) is 3.17. The summed E-state index contributed by atoms with van der Waals surface area (Å²) >= 11 is 0. The fraction of sp³-hybridized carbons (Fsp3) is 0.389. The first-order valence-electron chi connectivity index (χ1n) is 8.36. The maximum absolute atomic E-state index is 12.8. The van der Waals surface area contributed by atoms with Crippen molar-refractivity contribution in [3.8, 4) is 0 Å². The van der Waals surface area contributed by atoms with Gasteiger partial charge in [0.15, 0.2) is 5.76 Å². The standard InChI is InChI=1S/C18H20N4O3/c1-11-20-21-16-8-7-12(9-22(11)16)19-18(23)17-14(10-24-2)13-5-3-4-6-15(13)25-17/h3-6,12H,7-10H2,1-2H3,(H,19,23)/t12-/m1/s1. The molecule has 0 radical (unpaired) electrons. The highest BCUT2D eigenvalue weighted by molar-refractivity contribution is 5.99. The quantitative estimate of drug-likeness (QED) is 0.787. The number of ether oxygens (including phenoxy) is 1. The van der Waals surface area contributed by atoms with Gasteiger partial charge >= 0.3 is 0 Å². The number of para-hydroxylation sites is 1. The van der Waals surface area contributed by atoms with Crippen LogP contribution in [0.2, 0.25) is 0 Å². The molecule has 1 atom stereocenters. The van der Waals surface area contributed by atoms with Crippen LogP contribution in [0.4, 0.5) is 0 Å². The lowest BCUT2D eigenvalue weighted by molar-refractivity contribution is 0.0894. The number of rotatable bonds is 4. The second-order valence-electron chi connectivity index (χ2n) is 6.32. The molecule has 3 heterocycles. The van der Waals surface area contributed by atoms with Crippen LogP contribution in [-0.2, 0) is 24.3 Å². The van der Waals surface area contributed by atoms with E-state index in [2.05, 4.69) is 20.1 Å². The third-order valence-corrected chi connectivity index (χ3v) is 4.66. The van der Waals surface area contributed by atoms with E-state index in [1.807, 2.05) is 31.2 Å². The monoisotopic (exact) mass is 340 g/mol. The molecule has 130 valence electrons. The predicted octanol–water partition coefficient (Wildman–Crippen LogP) is 2.22. The molecule has 4 rings (SSSR count). The highest BCUT2D eigenvalue weighted by Crippen LogP contribution is 2.27. The lowest BCUT2D eigenvalue weighted by Gasteiger charge is -2.24. The number of amides is 1. The molecule has 1 aliphatic rings. The van der Waals surface area contributed by atoms with Crippen molar-refractivity contribution >= 4 is 16.9 Å². The van der Waals surface area contributed by atoms with E-state index in [1.165, 1.54) is 0 Å². The summed E-state index contributed by atoms with van der Waals surface area (Å²) < 4.78 is 13.1. The molecule has 0 unspecified atom stereocenters. The number of nitrogens with one attached hydrogen (secondary N) is 1. The molecule has 0 saturated carbocycles. The van der Waals surface area contributed by atoms with Gasteiger partial charge in [-0.1, -0.05) is 18.2 Å². The highest BCUT2D eigenvalue weighted by Gasteiger charge is 2.26. The molecule has 25 heavy (non-hydrogen) atoms. The minimum Gasteiger partial charge on any atom is -0.451 e. The van der Waals surface area contributed by atoms with Gasteiger partial charge < -0.3 is 19.0 Å². The largest absolute Gasteiger partial charge is 0.451 e. The topological polar surface area (TPSA) is 82.2 Å². The Kier molecular flexibility index (Phi) is 4.01. The van der Waals surface area contributed by atoms with Crippen molar-refractivity contribution in [1.82, 2.24) is 20.1 Å². The van der Waals surface area contributed by atoms with E-state index in [1.54, 1.807) is 7.11 Å². The zero-order chi connectivity index (χ0) is 17.4. The summed E-state index contributed by atoms with van der Waals surface area (Å²) in [5.74, 6) is 1.97. The number of aromatic nitrogens is 3. The van der Waals surface area contributed by atoms with Gasteiger partial charge in [-0.2, -0.15) is 0 Å². The number of methoxy groups -OCH3 is 1. The van der Waals surface area contributed by atoms with Gasteiger partial charge in [-0.05, 0) is 19.4 Å². The minimum atomic E-state index is -0.206. The first-order chi connectivity index (χ1) is 12.2. The molecule has 1 aromatic carbocycles. The van der Waals surface area contributed by atoms with Gasteiger partial charge in [0.2, 0.25) is 0 Å². The number of furan rings is 1. The van der Waals surface area contributed by atoms with Crippen LogP contribution in [0.3, 0.4) is 0 Å². The summed E-state index contributed by atoms with van der Waals surface area (Å²) in [5.41, 5.74) is 1.48. The zero-order valence-electron chi connectivity index (χ0n) is 14.3. The van der Waals surface area contributed by atoms with Crippen molar-refractivity contribution in [1.29, 1.82) is 0 Å². The van der Waals surface area contributed by atoms with Crippen molar-refractivity contribution in [3.63, 3.8) is 0 Å². The molecule has 1 aliphatic heterocycles.